The van der Waals surface area contributed by atoms with Crippen LogP contribution in [0, 0.1) is 0 Å². The molecule has 0 aliphatic carbocycles. The molecule has 1 heterocycles. The monoisotopic (exact) mass is 338 g/mol. The Kier molecular flexibility index (Phi) is 3.42. The molecule has 0 atom stereocenters. The van der Waals surface area contributed by atoms with E-state index in [4.69, 9.17) is 9.15 Å². The Hall–Kier alpha value is -3.26. The second-order valence-electron chi connectivity index (χ2n) is 6.47. The molecule has 0 aliphatic heterocycles. The van der Waals surface area contributed by atoms with Crippen molar-refractivity contribution in [3.8, 4) is 16.9 Å². The van der Waals surface area contributed by atoms with E-state index in [0.29, 0.717) is 6.61 Å². The van der Waals surface area contributed by atoms with Crippen molar-refractivity contribution in [2.45, 2.75) is 6.92 Å². The van der Waals surface area contributed by atoms with Gasteiger partial charge in [-0.05, 0) is 65.2 Å². The zero-order valence-electron chi connectivity index (χ0n) is 14.5. The van der Waals surface area contributed by atoms with Crippen LogP contribution in [0.4, 0.5) is 0 Å². The van der Waals surface area contributed by atoms with Gasteiger partial charge in [0.15, 0.2) is 0 Å². The Balaban J connectivity index is 1.67. The third kappa shape index (κ3) is 2.42. The first-order chi connectivity index (χ1) is 12.8. The quantitative estimate of drug-likeness (QED) is 0.361. The van der Waals surface area contributed by atoms with Crippen LogP contribution in [0.15, 0.2) is 83.3 Å². The van der Waals surface area contributed by atoms with Gasteiger partial charge >= 0.3 is 0 Å². The summed E-state index contributed by atoms with van der Waals surface area (Å²) in [6, 6.07) is 27.4. The highest BCUT2D eigenvalue weighted by molar-refractivity contribution is 6.06. The van der Waals surface area contributed by atoms with Crippen LogP contribution in [-0.2, 0) is 0 Å². The molecule has 0 saturated heterocycles. The van der Waals surface area contributed by atoms with Gasteiger partial charge in [0.05, 0.1) is 6.61 Å². The van der Waals surface area contributed by atoms with Crippen LogP contribution in [0.3, 0.4) is 0 Å². The highest BCUT2D eigenvalue weighted by Crippen LogP contribution is 2.33. The maximum atomic E-state index is 5.94. The van der Waals surface area contributed by atoms with E-state index in [9.17, 15) is 0 Å². The van der Waals surface area contributed by atoms with E-state index >= 15 is 0 Å². The van der Waals surface area contributed by atoms with Gasteiger partial charge in [0.2, 0.25) is 0 Å². The van der Waals surface area contributed by atoms with Crippen molar-refractivity contribution in [3.63, 3.8) is 0 Å². The lowest BCUT2D eigenvalue weighted by molar-refractivity contribution is 0.341. The lowest BCUT2D eigenvalue weighted by atomic mass is 9.99. The van der Waals surface area contributed by atoms with Gasteiger partial charge in [-0.15, -0.1) is 0 Å². The number of rotatable bonds is 3. The number of hydrogen-bond donors (Lipinski definition) is 0. The lowest BCUT2D eigenvalue weighted by Gasteiger charge is -2.07. The Labute approximate surface area is 151 Å². The summed E-state index contributed by atoms with van der Waals surface area (Å²) in [5.41, 5.74) is 4.24. The van der Waals surface area contributed by atoms with Crippen LogP contribution >= 0.6 is 0 Å². The minimum absolute atomic E-state index is 0.676. The van der Waals surface area contributed by atoms with Crippen LogP contribution < -0.4 is 4.74 Å². The van der Waals surface area contributed by atoms with Crippen molar-refractivity contribution in [2.24, 2.45) is 0 Å². The molecule has 0 N–H and O–H groups in total. The minimum Gasteiger partial charge on any atom is -0.494 e. The molecule has 0 amide bonds. The second kappa shape index (κ2) is 5.92. The van der Waals surface area contributed by atoms with Crippen molar-refractivity contribution in [3.05, 3.63) is 78.9 Å². The molecule has 0 bridgehead atoms. The summed E-state index contributed by atoms with van der Waals surface area (Å²) in [6.07, 6.45) is 0. The molecule has 126 valence electrons. The molecule has 0 spiro atoms. The van der Waals surface area contributed by atoms with E-state index in [0.717, 1.165) is 27.7 Å². The fourth-order valence-electron chi connectivity index (χ4n) is 3.57. The van der Waals surface area contributed by atoms with Crippen molar-refractivity contribution < 1.29 is 9.15 Å². The average Bonchev–Trinajstić information content (AvgIpc) is 3.05. The highest BCUT2D eigenvalue weighted by Gasteiger charge is 2.08. The SMILES string of the molecule is CCOc1ccc2ccc(-c3ccc4oc5ccccc5c4c3)cc2c1. The number of furan rings is 1. The zero-order valence-corrected chi connectivity index (χ0v) is 14.5. The molecule has 5 rings (SSSR count). The summed E-state index contributed by atoms with van der Waals surface area (Å²) < 4.78 is 11.6. The van der Waals surface area contributed by atoms with Crippen LogP contribution in [-0.4, -0.2) is 6.61 Å². The third-order valence-electron chi connectivity index (χ3n) is 4.83. The minimum atomic E-state index is 0.676. The molecule has 0 fully saturated rings. The molecule has 0 saturated carbocycles. The van der Waals surface area contributed by atoms with E-state index < -0.39 is 0 Å². The zero-order chi connectivity index (χ0) is 17.5. The van der Waals surface area contributed by atoms with E-state index in [1.54, 1.807) is 0 Å². The van der Waals surface area contributed by atoms with Crippen molar-refractivity contribution in [2.75, 3.05) is 6.61 Å². The molecular formula is C24H18O2. The van der Waals surface area contributed by atoms with Crippen molar-refractivity contribution >= 4 is 32.7 Å². The number of benzene rings is 4. The van der Waals surface area contributed by atoms with E-state index in [1.807, 2.05) is 25.1 Å². The summed E-state index contributed by atoms with van der Waals surface area (Å²) in [5, 5.41) is 4.71. The van der Waals surface area contributed by atoms with E-state index in [2.05, 4.69) is 60.7 Å². The molecular weight excluding hydrogens is 320 g/mol. The predicted molar refractivity (Wildman–Crippen MR) is 108 cm³/mol. The van der Waals surface area contributed by atoms with Gasteiger partial charge in [-0.3, -0.25) is 0 Å². The van der Waals surface area contributed by atoms with Gasteiger partial charge in [0.25, 0.3) is 0 Å². The summed E-state index contributed by atoms with van der Waals surface area (Å²) in [4.78, 5) is 0. The number of ether oxygens (including phenoxy) is 1. The molecule has 2 nitrogen and oxygen atoms in total. The molecule has 5 aromatic rings. The maximum absolute atomic E-state index is 5.94. The average molecular weight is 338 g/mol. The first kappa shape index (κ1) is 15.0. The molecule has 1 aromatic heterocycles. The van der Waals surface area contributed by atoms with Crippen molar-refractivity contribution in [1.82, 2.24) is 0 Å². The Morgan fingerprint density at radius 1 is 0.692 bits per heavy atom. The Bertz CT molecular complexity index is 1250. The Morgan fingerprint density at radius 3 is 2.38 bits per heavy atom. The molecule has 26 heavy (non-hydrogen) atoms. The predicted octanol–water partition coefficient (Wildman–Crippen LogP) is 6.80. The maximum Gasteiger partial charge on any atom is 0.135 e. The largest absolute Gasteiger partial charge is 0.494 e. The first-order valence-corrected chi connectivity index (χ1v) is 8.90. The lowest BCUT2D eigenvalue weighted by Crippen LogP contribution is -1.90. The van der Waals surface area contributed by atoms with Gasteiger partial charge in [0.1, 0.15) is 16.9 Å². The van der Waals surface area contributed by atoms with Crippen LogP contribution in [0.1, 0.15) is 6.92 Å². The van der Waals surface area contributed by atoms with Crippen LogP contribution in [0.5, 0.6) is 5.75 Å². The highest BCUT2D eigenvalue weighted by atomic mass is 16.5. The second-order valence-corrected chi connectivity index (χ2v) is 6.47. The van der Waals surface area contributed by atoms with Crippen LogP contribution in [0.25, 0.3) is 43.8 Å². The van der Waals surface area contributed by atoms with E-state index in [-0.39, 0.29) is 0 Å². The molecule has 0 unspecified atom stereocenters. The van der Waals surface area contributed by atoms with Gasteiger partial charge in [-0.25, -0.2) is 0 Å². The molecule has 0 radical (unpaired) electrons. The standard InChI is InChI=1S/C24H18O2/c1-2-25-20-11-9-16-7-8-17(13-19(16)14-20)18-10-12-24-22(15-18)21-5-3-4-6-23(21)26-24/h3-15H,2H2,1H3. The van der Waals surface area contributed by atoms with Gasteiger partial charge in [0, 0.05) is 10.8 Å². The summed E-state index contributed by atoms with van der Waals surface area (Å²) in [5.74, 6) is 0.911. The van der Waals surface area contributed by atoms with Crippen LogP contribution in [0.2, 0.25) is 0 Å². The van der Waals surface area contributed by atoms with Crippen molar-refractivity contribution in [1.29, 1.82) is 0 Å². The third-order valence-corrected chi connectivity index (χ3v) is 4.83. The number of para-hydroxylation sites is 1. The summed E-state index contributed by atoms with van der Waals surface area (Å²) >= 11 is 0. The number of hydrogen-bond acceptors (Lipinski definition) is 2. The molecule has 0 aliphatic rings. The summed E-state index contributed by atoms with van der Waals surface area (Å²) in [7, 11) is 0. The van der Waals surface area contributed by atoms with Gasteiger partial charge in [-0.1, -0.05) is 42.5 Å². The molecule has 4 aromatic carbocycles. The Morgan fingerprint density at radius 2 is 1.46 bits per heavy atom. The summed E-state index contributed by atoms with van der Waals surface area (Å²) in [6.45, 7) is 2.68. The molecule has 2 heteroatoms. The fraction of sp³-hybridized carbons (Fsp3) is 0.0833. The normalized spacial score (nSPS) is 11.4. The topological polar surface area (TPSA) is 22.4 Å². The van der Waals surface area contributed by atoms with E-state index in [1.165, 1.54) is 21.9 Å². The van der Waals surface area contributed by atoms with Gasteiger partial charge < -0.3 is 9.15 Å². The van der Waals surface area contributed by atoms with Gasteiger partial charge in [-0.2, -0.15) is 0 Å². The first-order valence-electron chi connectivity index (χ1n) is 8.90. The fourth-order valence-corrected chi connectivity index (χ4v) is 3.57. The number of fused-ring (bicyclic) bond motifs is 4. The smallest absolute Gasteiger partial charge is 0.135 e.